The number of nitrogens with one attached hydrogen (secondary N) is 2. The van der Waals surface area contributed by atoms with Crippen molar-refractivity contribution < 1.29 is 9.90 Å². The Hall–Kier alpha value is -3.56. The van der Waals surface area contributed by atoms with Crippen molar-refractivity contribution in [2.24, 2.45) is 10.2 Å². The van der Waals surface area contributed by atoms with Gasteiger partial charge >= 0.3 is 0 Å². The highest BCUT2D eigenvalue weighted by Crippen LogP contribution is 2.40. The third kappa shape index (κ3) is 5.01. The summed E-state index contributed by atoms with van der Waals surface area (Å²) in [5.74, 6) is -0.455. The van der Waals surface area contributed by atoms with E-state index in [-0.39, 0.29) is 29.1 Å². The lowest BCUT2D eigenvalue weighted by atomic mass is 10.2. The predicted molar refractivity (Wildman–Crippen MR) is 134 cm³/mol. The number of rotatable bonds is 5. The third-order valence-corrected chi connectivity index (χ3v) is 5.27. The molecule has 0 bridgehead atoms. The van der Waals surface area contributed by atoms with Crippen molar-refractivity contribution in [1.82, 2.24) is 4.57 Å². The summed E-state index contributed by atoms with van der Waals surface area (Å²) >= 11 is 8.68. The molecule has 4 rings (SSSR count). The fourth-order valence-corrected chi connectivity index (χ4v) is 3.71. The number of anilines is 2. The van der Waals surface area contributed by atoms with Crippen LogP contribution in [0.15, 0.2) is 93.6 Å². The van der Waals surface area contributed by atoms with Gasteiger partial charge in [0.2, 0.25) is 16.9 Å². The van der Waals surface area contributed by atoms with Crippen LogP contribution in [0.25, 0.3) is 10.9 Å². The maximum absolute atomic E-state index is 12.6. The molecule has 0 aliphatic heterocycles. The molecule has 1 heterocycles. The van der Waals surface area contributed by atoms with E-state index in [1.165, 1.54) is 4.57 Å². The van der Waals surface area contributed by atoms with E-state index in [4.69, 9.17) is 12.2 Å². The first-order valence-corrected chi connectivity index (χ1v) is 10.8. The number of hydrogen-bond donors (Lipinski definition) is 3. The van der Waals surface area contributed by atoms with E-state index in [2.05, 4.69) is 36.8 Å². The number of aromatic nitrogens is 1. The van der Waals surface area contributed by atoms with Gasteiger partial charge in [0.15, 0.2) is 5.69 Å². The Bertz CT molecular complexity index is 1310. The highest BCUT2D eigenvalue weighted by atomic mass is 79.9. The van der Waals surface area contributed by atoms with Crippen LogP contribution >= 0.6 is 28.1 Å². The summed E-state index contributed by atoms with van der Waals surface area (Å²) in [5, 5.41) is 25.7. The molecule has 32 heavy (non-hydrogen) atoms. The number of amides is 1. The number of hydrogen-bond acceptors (Lipinski definition) is 4. The van der Waals surface area contributed by atoms with Crippen LogP contribution in [0.1, 0.15) is 0 Å². The molecule has 9 heteroatoms. The number of thiocarbonyl (C=S) groups is 1. The molecule has 0 fully saturated rings. The largest absolute Gasteiger partial charge is 0.493 e. The quantitative estimate of drug-likeness (QED) is 0.220. The molecule has 0 saturated heterocycles. The molecule has 0 atom stereocenters. The summed E-state index contributed by atoms with van der Waals surface area (Å²) in [6.45, 7) is -0.0961. The van der Waals surface area contributed by atoms with Crippen LogP contribution in [0.2, 0.25) is 0 Å². The normalized spacial score (nSPS) is 11.0. The lowest BCUT2D eigenvalue weighted by Gasteiger charge is -2.08. The van der Waals surface area contributed by atoms with Crippen LogP contribution in [0.5, 0.6) is 5.88 Å². The second-order valence-electron chi connectivity index (χ2n) is 6.83. The van der Waals surface area contributed by atoms with Gasteiger partial charge in [-0.25, -0.2) is 0 Å². The van der Waals surface area contributed by atoms with Gasteiger partial charge < -0.3 is 20.3 Å². The molecule has 0 unspecified atom stereocenters. The van der Waals surface area contributed by atoms with E-state index >= 15 is 0 Å². The van der Waals surface area contributed by atoms with Crippen LogP contribution in [0, 0.1) is 0 Å². The van der Waals surface area contributed by atoms with E-state index in [9.17, 15) is 9.90 Å². The SMILES string of the molecule is O=C(Cn1c(O)c(N=NC(=S)Nc2ccccc2)c2cc(Br)ccc21)Nc1ccccc1. The van der Waals surface area contributed by atoms with Gasteiger partial charge in [-0.1, -0.05) is 52.3 Å². The topological polar surface area (TPSA) is 91.0 Å². The molecule has 3 N–H and O–H groups in total. The summed E-state index contributed by atoms with van der Waals surface area (Å²) in [4.78, 5) is 12.6. The zero-order valence-corrected chi connectivity index (χ0v) is 19.1. The summed E-state index contributed by atoms with van der Waals surface area (Å²) in [5.41, 5.74) is 2.33. The number of nitrogens with zero attached hydrogens (tertiary/aromatic N) is 3. The molecule has 3 aromatic carbocycles. The monoisotopic (exact) mass is 507 g/mol. The zero-order chi connectivity index (χ0) is 22.5. The molecule has 7 nitrogen and oxygen atoms in total. The van der Waals surface area contributed by atoms with Gasteiger partial charge in [-0.2, -0.15) is 0 Å². The Morgan fingerprint density at radius 1 is 0.969 bits per heavy atom. The smallest absolute Gasteiger partial charge is 0.244 e. The molecule has 0 aliphatic carbocycles. The second-order valence-corrected chi connectivity index (χ2v) is 8.13. The predicted octanol–water partition coefficient (Wildman–Crippen LogP) is 6.23. The number of benzene rings is 3. The van der Waals surface area contributed by atoms with Crippen molar-refractivity contribution in [2.45, 2.75) is 6.54 Å². The van der Waals surface area contributed by atoms with Gasteiger partial charge in [-0.15, -0.1) is 10.2 Å². The van der Waals surface area contributed by atoms with Gasteiger partial charge in [0.25, 0.3) is 0 Å². The molecule has 1 amide bonds. The van der Waals surface area contributed by atoms with E-state index in [1.807, 2.05) is 60.7 Å². The Morgan fingerprint density at radius 2 is 1.59 bits per heavy atom. The van der Waals surface area contributed by atoms with Crippen molar-refractivity contribution in [3.8, 4) is 5.88 Å². The highest BCUT2D eigenvalue weighted by Gasteiger charge is 2.19. The third-order valence-electron chi connectivity index (χ3n) is 4.60. The first-order valence-electron chi connectivity index (χ1n) is 9.64. The van der Waals surface area contributed by atoms with Gasteiger partial charge in [-0.05, 0) is 54.7 Å². The van der Waals surface area contributed by atoms with Crippen molar-refractivity contribution >= 4 is 67.1 Å². The maximum atomic E-state index is 12.6. The summed E-state index contributed by atoms with van der Waals surface area (Å²) in [7, 11) is 0. The van der Waals surface area contributed by atoms with E-state index in [1.54, 1.807) is 18.2 Å². The minimum atomic E-state index is -0.281. The van der Waals surface area contributed by atoms with Crippen LogP contribution < -0.4 is 10.6 Å². The lowest BCUT2D eigenvalue weighted by Crippen LogP contribution is -2.18. The Labute approximate surface area is 197 Å². The van der Waals surface area contributed by atoms with Gasteiger partial charge in [0.05, 0.1) is 5.52 Å². The van der Waals surface area contributed by atoms with Crippen molar-refractivity contribution in [3.63, 3.8) is 0 Å². The highest BCUT2D eigenvalue weighted by molar-refractivity contribution is 9.10. The van der Waals surface area contributed by atoms with E-state index in [0.717, 1.165) is 10.2 Å². The molecule has 160 valence electrons. The first-order chi connectivity index (χ1) is 15.5. The average molecular weight is 508 g/mol. The maximum Gasteiger partial charge on any atom is 0.244 e. The first kappa shape index (κ1) is 21.7. The average Bonchev–Trinajstić information content (AvgIpc) is 3.03. The molecule has 0 aliphatic rings. The molecule has 0 radical (unpaired) electrons. The molecule has 0 saturated carbocycles. The molecule has 1 aromatic heterocycles. The summed E-state index contributed by atoms with van der Waals surface area (Å²) in [6.07, 6.45) is 0. The Morgan fingerprint density at radius 3 is 2.25 bits per heavy atom. The number of carbonyl (C=O) groups excluding carboxylic acids is 1. The number of carbonyl (C=O) groups is 1. The zero-order valence-electron chi connectivity index (χ0n) is 16.7. The molecule has 0 spiro atoms. The number of halogens is 1. The van der Waals surface area contributed by atoms with Crippen LogP contribution in [-0.2, 0) is 11.3 Å². The van der Waals surface area contributed by atoms with Crippen molar-refractivity contribution in [1.29, 1.82) is 0 Å². The minimum Gasteiger partial charge on any atom is -0.493 e. The second kappa shape index (κ2) is 9.71. The number of aromatic hydroxyl groups is 1. The van der Waals surface area contributed by atoms with Gasteiger partial charge in [0, 0.05) is 21.2 Å². The van der Waals surface area contributed by atoms with Crippen LogP contribution in [-0.4, -0.2) is 20.7 Å². The van der Waals surface area contributed by atoms with Gasteiger partial charge in [0.1, 0.15) is 6.54 Å². The number of para-hydroxylation sites is 2. The number of azo groups is 1. The van der Waals surface area contributed by atoms with Crippen molar-refractivity contribution in [2.75, 3.05) is 10.6 Å². The summed E-state index contributed by atoms with van der Waals surface area (Å²) < 4.78 is 2.29. The Kier molecular flexibility index (Phi) is 6.58. The van der Waals surface area contributed by atoms with E-state index in [0.29, 0.717) is 16.6 Å². The molecule has 4 aromatic rings. The van der Waals surface area contributed by atoms with Crippen LogP contribution in [0.4, 0.5) is 17.1 Å². The minimum absolute atomic E-state index is 0.0961. The number of fused-ring (bicyclic) bond motifs is 1. The van der Waals surface area contributed by atoms with Gasteiger partial charge in [-0.3, -0.25) is 4.79 Å². The van der Waals surface area contributed by atoms with Crippen molar-refractivity contribution in [3.05, 3.63) is 83.3 Å². The fourth-order valence-electron chi connectivity index (χ4n) is 3.19. The Balaban J connectivity index is 1.61. The fraction of sp³-hybridized carbons (Fsp3) is 0.0435. The standard InChI is InChI=1S/C23H18BrN5O2S/c24-15-11-12-19-18(13-15)21(27-28-23(32)26-17-9-5-2-6-10-17)22(31)29(19)14-20(30)25-16-7-3-1-4-8-16/h1-13,31H,14H2,(H,25,30)(H,26,32). The lowest BCUT2D eigenvalue weighted by molar-refractivity contribution is -0.116. The molecular formula is C23H18BrN5O2S. The van der Waals surface area contributed by atoms with E-state index < -0.39 is 0 Å². The molecular weight excluding hydrogens is 490 g/mol. The summed E-state index contributed by atoms with van der Waals surface area (Å²) in [6, 6.07) is 23.9. The van der Waals surface area contributed by atoms with Crippen LogP contribution in [0.3, 0.4) is 0 Å².